The first-order chi connectivity index (χ1) is 15.4. The predicted molar refractivity (Wildman–Crippen MR) is 124 cm³/mol. The molecule has 8 nitrogen and oxygen atoms in total. The second-order valence-electron chi connectivity index (χ2n) is 8.13. The van der Waals surface area contributed by atoms with Crippen LogP contribution in [0.25, 0.3) is 11.0 Å². The van der Waals surface area contributed by atoms with Gasteiger partial charge in [-0.25, -0.2) is 13.2 Å². The highest BCUT2D eigenvalue weighted by molar-refractivity contribution is 7.90. The maximum atomic E-state index is 12.9. The Labute approximate surface area is 187 Å². The largest absolute Gasteiger partial charge is 0.352 e. The molecule has 0 unspecified atom stereocenters. The number of aromatic nitrogens is 2. The first-order valence-electron chi connectivity index (χ1n) is 10.9. The maximum absolute atomic E-state index is 12.9. The van der Waals surface area contributed by atoms with Gasteiger partial charge in [-0.3, -0.25) is 14.3 Å². The van der Waals surface area contributed by atoms with Crippen molar-refractivity contribution in [2.75, 3.05) is 18.8 Å². The molecule has 0 radical (unpaired) electrons. The van der Waals surface area contributed by atoms with Crippen molar-refractivity contribution in [2.45, 2.75) is 38.9 Å². The topological polar surface area (TPSA) is 93.4 Å². The minimum Gasteiger partial charge on any atom is -0.352 e. The zero-order valence-electron chi connectivity index (χ0n) is 18.1. The van der Waals surface area contributed by atoms with Crippen molar-refractivity contribution in [1.82, 2.24) is 18.8 Å². The fraction of sp³-hybridized carbons (Fsp3) is 0.391. The molecule has 9 heteroatoms. The summed E-state index contributed by atoms with van der Waals surface area (Å²) in [5.41, 5.74) is 1.29. The first kappa shape index (κ1) is 22.3. The van der Waals surface area contributed by atoms with E-state index in [2.05, 4.69) is 22.3 Å². The van der Waals surface area contributed by atoms with Gasteiger partial charge in [-0.1, -0.05) is 42.5 Å². The lowest BCUT2D eigenvalue weighted by Gasteiger charge is -2.32. The molecule has 32 heavy (non-hydrogen) atoms. The van der Waals surface area contributed by atoms with Crippen LogP contribution in [0.3, 0.4) is 0 Å². The number of nitrogens with one attached hydrogen (secondary N) is 1. The summed E-state index contributed by atoms with van der Waals surface area (Å²) >= 11 is 0. The van der Waals surface area contributed by atoms with Gasteiger partial charge in [-0.2, -0.15) is 3.97 Å². The summed E-state index contributed by atoms with van der Waals surface area (Å²) in [6.45, 7) is 3.94. The monoisotopic (exact) mass is 456 g/mol. The molecule has 0 aliphatic carbocycles. The molecule has 3 aromatic rings. The number of carbonyl (C=O) groups is 1. The maximum Gasteiger partial charge on any atom is 0.343 e. The number of benzene rings is 2. The number of piperidine rings is 1. The zero-order chi connectivity index (χ0) is 22.7. The van der Waals surface area contributed by atoms with Gasteiger partial charge < -0.3 is 5.32 Å². The van der Waals surface area contributed by atoms with E-state index in [1.165, 1.54) is 17.1 Å². The van der Waals surface area contributed by atoms with Crippen LogP contribution in [0, 0.1) is 0 Å². The van der Waals surface area contributed by atoms with Crippen molar-refractivity contribution >= 4 is 27.0 Å². The minimum atomic E-state index is -3.78. The molecule has 2 aromatic carbocycles. The van der Waals surface area contributed by atoms with E-state index >= 15 is 0 Å². The molecule has 1 amide bonds. The van der Waals surface area contributed by atoms with Gasteiger partial charge in [0, 0.05) is 25.7 Å². The lowest BCUT2D eigenvalue weighted by molar-refractivity contribution is -0.122. The molecule has 1 aliphatic rings. The number of rotatable bonds is 7. The second-order valence-corrected chi connectivity index (χ2v) is 10.2. The SMILES string of the molecule is CCS(=O)(=O)n1c(=O)n(CC(=O)NC2CCN(Cc3ccccc3)CC2)c2ccccc21. The zero-order valence-corrected chi connectivity index (χ0v) is 18.9. The van der Waals surface area contributed by atoms with Crippen molar-refractivity contribution < 1.29 is 13.2 Å². The van der Waals surface area contributed by atoms with Crippen LogP contribution in [-0.2, 0) is 27.9 Å². The molecule has 1 aliphatic heterocycles. The van der Waals surface area contributed by atoms with E-state index in [-0.39, 0.29) is 24.2 Å². The number of hydrogen-bond donors (Lipinski definition) is 1. The van der Waals surface area contributed by atoms with Crippen molar-refractivity contribution in [3.63, 3.8) is 0 Å². The van der Waals surface area contributed by atoms with Gasteiger partial charge >= 0.3 is 5.69 Å². The number of imidazole rings is 1. The van der Waals surface area contributed by atoms with E-state index in [0.717, 1.165) is 36.4 Å². The fourth-order valence-corrected chi connectivity index (χ4v) is 5.27. The van der Waals surface area contributed by atoms with E-state index in [4.69, 9.17) is 0 Å². The van der Waals surface area contributed by atoms with Crippen LogP contribution in [-0.4, -0.2) is 52.6 Å². The number of hydrogen-bond acceptors (Lipinski definition) is 5. The van der Waals surface area contributed by atoms with Crippen LogP contribution in [0.2, 0.25) is 0 Å². The van der Waals surface area contributed by atoms with E-state index in [1.807, 2.05) is 18.2 Å². The van der Waals surface area contributed by atoms with Crippen molar-refractivity contribution in [3.05, 3.63) is 70.6 Å². The Kier molecular flexibility index (Phi) is 6.48. The molecule has 0 atom stereocenters. The summed E-state index contributed by atoms with van der Waals surface area (Å²) in [4.78, 5) is 28.0. The molecule has 4 rings (SSSR count). The molecule has 1 fully saturated rings. The summed E-state index contributed by atoms with van der Waals surface area (Å²) in [7, 11) is -3.78. The number of carbonyl (C=O) groups excluding carboxylic acids is 1. The van der Waals surface area contributed by atoms with Crippen LogP contribution in [0.1, 0.15) is 25.3 Å². The lowest BCUT2D eigenvalue weighted by Crippen LogP contribution is -2.46. The number of amides is 1. The molecule has 170 valence electrons. The molecule has 2 heterocycles. The van der Waals surface area contributed by atoms with Crippen molar-refractivity contribution in [1.29, 1.82) is 0 Å². The first-order valence-corrected chi connectivity index (χ1v) is 12.5. The van der Waals surface area contributed by atoms with Crippen molar-refractivity contribution in [3.8, 4) is 0 Å². The molecular weight excluding hydrogens is 428 g/mol. The molecule has 0 spiro atoms. The highest BCUT2D eigenvalue weighted by atomic mass is 32.2. The van der Waals surface area contributed by atoms with E-state index < -0.39 is 15.7 Å². The van der Waals surface area contributed by atoms with Gasteiger partial charge in [0.2, 0.25) is 15.9 Å². The van der Waals surface area contributed by atoms with Gasteiger partial charge in [0.1, 0.15) is 6.54 Å². The summed E-state index contributed by atoms with van der Waals surface area (Å²) in [5.74, 6) is -0.486. The standard InChI is InChI=1S/C23H28N4O4S/c1-2-32(30,31)27-21-11-7-6-10-20(21)26(23(27)29)17-22(28)24-19-12-14-25(15-13-19)16-18-8-4-3-5-9-18/h3-11,19H,2,12-17H2,1H3,(H,24,28). The number of para-hydroxylation sites is 2. The number of fused-ring (bicyclic) bond motifs is 1. The van der Waals surface area contributed by atoms with Crippen LogP contribution >= 0.6 is 0 Å². The number of likely N-dealkylation sites (tertiary alicyclic amines) is 1. The minimum absolute atomic E-state index is 0.0398. The Bertz CT molecular complexity index is 1260. The molecular formula is C23H28N4O4S. The van der Waals surface area contributed by atoms with Gasteiger partial charge in [0.15, 0.2) is 0 Å². The van der Waals surface area contributed by atoms with Crippen LogP contribution in [0.4, 0.5) is 0 Å². The Hall–Kier alpha value is -2.91. The van der Waals surface area contributed by atoms with Gasteiger partial charge in [-0.05, 0) is 37.5 Å². The molecule has 1 N–H and O–H groups in total. The van der Waals surface area contributed by atoms with Gasteiger partial charge in [-0.15, -0.1) is 0 Å². The predicted octanol–water partition coefficient (Wildman–Crippen LogP) is 1.78. The summed E-state index contributed by atoms with van der Waals surface area (Å²) in [6.07, 6.45) is 1.67. The van der Waals surface area contributed by atoms with E-state index in [0.29, 0.717) is 11.0 Å². The van der Waals surface area contributed by atoms with Gasteiger partial charge in [0.05, 0.1) is 16.8 Å². The Morgan fingerprint density at radius 3 is 2.28 bits per heavy atom. The Morgan fingerprint density at radius 2 is 1.62 bits per heavy atom. The second kappa shape index (κ2) is 9.30. The highest BCUT2D eigenvalue weighted by Gasteiger charge is 2.24. The third kappa shape index (κ3) is 4.63. The normalized spacial score (nSPS) is 15.8. The molecule has 1 aromatic heterocycles. The molecule has 0 saturated carbocycles. The highest BCUT2D eigenvalue weighted by Crippen LogP contribution is 2.16. The van der Waals surface area contributed by atoms with Crippen LogP contribution < -0.4 is 11.0 Å². The fourth-order valence-electron chi connectivity index (χ4n) is 4.22. The third-order valence-corrected chi connectivity index (χ3v) is 7.58. The summed E-state index contributed by atoms with van der Waals surface area (Å²) in [6, 6.07) is 17.0. The quantitative estimate of drug-likeness (QED) is 0.585. The Balaban J connectivity index is 1.42. The van der Waals surface area contributed by atoms with Crippen molar-refractivity contribution in [2.24, 2.45) is 0 Å². The molecule has 0 bridgehead atoms. The average Bonchev–Trinajstić information content (AvgIpc) is 3.08. The summed E-state index contributed by atoms with van der Waals surface area (Å²) in [5, 5.41) is 3.02. The Morgan fingerprint density at radius 1 is 1.00 bits per heavy atom. The average molecular weight is 457 g/mol. The third-order valence-electron chi connectivity index (χ3n) is 5.94. The van der Waals surface area contributed by atoms with E-state index in [9.17, 15) is 18.0 Å². The van der Waals surface area contributed by atoms with Crippen LogP contribution in [0.15, 0.2) is 59.4 Å². The lowest BCUT2D eigenvalue weighted by atomic mass is 10.0. The van der Waals surface area contributed by atoms with Crippen LogP contribution in [0.5, 0.6) is 0 Å². The molecule has 1 saturated heterocycles. The summed E-state index contributed by atoms with van der Waals surface area (Å²) < 4.78 is 27.0. The smallest absolute Gasteiger partial charge is 0.343 e. The number of nitrogens with zero attached hydrogens (tertiary/aromatic N) is 3. The van der Waals surface area contributed by atoms with E-state index in [1.54, 1.807) is 24.3 Å². The van der Waals surface area contributed by atoms with Gasteiger partial charge in [0.25, 0.3) is 0 Å².